The lowest BCUT2D eigenvalue weighted by molar-refractivity contribution is 0.0323. The molecule has 1 aromatic heterocycles. The summed E-state index contributed by atoms with van der Waals surface area (Å²) in [5.41, 5.74) is 1.14. The molecule has 0 aliphatic carbocycles. The summed E-state index contributed by atoms with van der Waals surface area (Å²) in [4.78, 5) is 28.7. The van der Waals surface area contributed by atoms with E-state index >= 15 is 0 Å². The van der Waals surface area contributed by atoms with Crippen molar-refractivity contribution in [3.8, 4) is 17.1 Å². The van der Waals surface area contributed by atoms with Crippen molar-refractivity contribution in [2.75, 3.05) is 39.5 Å². The van der Waals surface area contributed by atoms with Gasteiger partial charge in [-0.2, -0.15) is 4.68 Å². The molecule has 0 radical (unpaired) electrons. The summed E-state index contributed by atoms with van der Waals surface area (Å²) in [6.07, 6.45) is 0. The highest BCUT2D eigenvalue weighted by molar-refractivity contribution is 5.94. The molecule has 0 unspecified atom stereocenters. The average molecular weight is 489 g/mol. The van der Waals surface area contributed by atoms with Crippen molar-refractivity contribution in [3.05, 3.63) is 87.2 Å². The number of fused-ring (bicyclic) bond motifs is 1. The van der Waals surface area contributed by atoms with Crippen LogP contribution in [0.4, 0.5) is 0 Å². The Balaban J connectivity index is 1.49. The zero-order valence-electron chi connectivity index (χ0n) is 21.0. The number of H-pyrrole nitrogens is 1. The maximum Gasteiger partial charge on any atom is 0.356 e. The van der Waals surface area contributed by atoms with Crippen molar-refractivity contribution in [3.63, 3.8) is 0 Å². The highest BCUT2D eigenvalue weighted by Gasteiger charge is 2.19. The van der Waals surface area contributed by atoms with Crippen LogP contribution in [0.1, 0.15) is 26.3 Å². The number of rotatable bonds is 6. The number of hydrogen-bond acceptors (Lipinski definition) is 5. The molecule has 5 rings (SSSR count). The van der Waals surface area contributed by atoms with E-state index in [4.69, 9.17) is 9.47 Å². The SMILES string of the molecule is CC(C)(C)c1cccc(-n2c(=O)[nH]n(-c3ccc(OCCN4CCOCC4)c4ccccc34)c2=O)c1. The second-order valence-electron chi connectivity index (χ2n) is 10.1. The molecule has 3 aromatic carbocycles. The molecular formula is C28H32N4O4. The van der Waals surface area contributed by atoms with Crippen LogP contribution in [-0.2, 0) is 10.2 Å². The van der Waals surface area contributed by atoms with Crippen molar-refractivity contribution in [1.29, 1.82) is 0 Å². The summed E-state index contributed by atoms with van der Waals surface area (Å²) in [6.45, 7) is 11.0. The Morgan fingerprint density at radius 3 is 2.44 bits per heavy atom. The zero-order valence-corrected chi connectivity index (χ0v) is 21.0. The van der Waals surface area contributed by atoms with Crippen molar-refractivity contribution in [2.45, 2.75) is 26.2 Å². The second kappa shape index (κ2) is 9.79. The largest absolute Gasteiger partial charge is 0.492 e. The first kappa shape index (κ1) is 24.1. The Bertz CT molecular complexity index is 1490. The molecule has 1 aliphatic heterocycles. The minimum absolute atomic E-state index is 0.108. The molecule has 36 heavy (non-hydrogen) atoms. The maximum absolute atomic E-state index is 13.5. The van der Waals surface area contributed by atoms with Crippen LogP contribution in [0.3, 0.4) is 0 Å². The van der Waals surface area contributed by atoms with Crippen molar-refractivity contribution >= 4 is 10.8 Å². The predicted octanol–water partition coefficient (Wildman–Crippen LogP) is 3.48. The summed E-state index contributed by atoms with van der Waals surface area (Å²) in [5, 5.41) is 4.44. The standard InChI is InChI=1S/C28H32N4O4/c1-28(2,3)20-7-6-8-21(19-20)31-26(33)29-32(27(31)34)24-11-12-25(23-10-5-4-9-22(23)24)36-18-15-30-13-16-35-17-14-30/h4-12,19H,13-18H2,1-3H3,(H,29,33). The summed E-state index contributed by atoms with van der Waals surface area (Å²) in [6, 6.07) is 19.0. The van der Waals surface area contributed by atoms with E-state index in [1.54, 1.807) is 6.07 Å². The van der Waals surface area contributed by atoms with Gasteiger partial charge in [0.1, 0.15) is 12.4 Å². The molecule has 2 heterocycles. The van der Waals surface area contributed by atoms with Crippen LogP contribution in [0.2, 0.25) is 0 Å². The molecule has 4 aromatic rings. The van der Waals surface area contributed by atoms with Gasteiger partial charge in [0.05, 0.1) is 24.6 Å². The van der Waals surface area contributed by atoms with Gasteiger partial charge >= 0.3 is 11.4 Å². The fraction of sp³-hybridized carbons (Fsp3) is 0.357. The number of aromatic nitrogens is 3. The summed E-state index contributed by atoms with van der Waals surface area (Å²) < 4.78 is 14.0. The zero-order chi connectivity index (χ0) is 25.3. The number of morpholine rings is 1. The number of ether oxygens (including phenoxy) is 2. The fourth-order valence-electron chi connectivity index (χ4n) is 4.57. The normalized spacial score (nSPS) is 14.9. The second-order valence-corrected chi connectivity index (χ2v) is 10.1. The monoisotopic (exact) mass is 488 g/mol. The molecule has 0 spiro atoms. The van der Waals surface area contributed by atoms with E-state index in [2.05, 4.69) is 30.8 Å². The Morgan fingerprint density at radius 2 is 1.69 bits per heavy atom. The first-order chi connectivity index (χ1) is 17.3. The third-order valence-corrected chi connectivity index (χ3v) is 6.63. The van der Waals surface area contributed by atoms with Crippen molar-refractivity contribution in [2.24, 2.45) is 0 Å². The molecule has 188 valence electrons. The maximum atomic E-state index is 13.5. The van der Waals surface area contributed by atoms with E-state index < -0.39 is 11.4 Å². The van der Waals surface area contributed by atoms with Gasteiger partial charge in [0.2, 0.25) is 0 Å². The number of hydrogen-bond donors (Lipinski definition) is 1. The lowest BCUT2D eigenvalue weighted by Gasteiger charge is -2.26. The Morgan fingerprint density at radius 1 is 0.944 bits per heavy atom. The molecule has 0 amide bonds. The van der Waals surface area contributed by atoms with E-state index in [-0.39, 0.29) is 5.41 Å². The molecule has 0 bridgehead atoms. The third kappa shape index (κ3) is 4.74. The predicted molar refractivity (Wildman–Crippen MR) is 141 cm³/mol. The third-order valence-electron chi connectivity index (χ3n) is 6.63. The minimum Gasteiger partial charge on any atom is -0.492 e. The number of aromatic amines is 1. The van der Waals surface area contributed by atoms with Gasteiger partial charge < -0.3 is 9.47 Å². The Hall–Kier alpha value is -3.62. The Kier molecular flexibility index (Phi) is 6.55. The van der Waals surface area contributed by atoms with E-state index in [0.29, 0.717) is 18.0 Å². The molecule has 8 nitrogen and oxygen atoms in total. The molecular weight excluding hydrogens is 456 g/mol. The highest BCUT2D eigenvalue weighted by atomic mass is 16.5. The molecule has 8 heteroatoms. The minimum atomic E-state index is -0.485. The van der Waals surface area contributed by atoms with Crippen LogP contribution in [0.15, 0.2) is 70.3 Å². The van der Waals surface area contributed by atoms with Crippen LogP contribution in [0, 0.1) is 0 Å². The van der Waals surface area contributed by atoms with Crippen LogP contribution in [-0.4, -0.2) is 58.7 Å². The van der Waals surface area contributed by atoms with Gasteiger partial charge in [0.15, 0.2) is 0 Å². The number of benzene rings is 3. The van der Waals surface area contributed by atoms with E-state index in [1.807, 2.05) is 54.6 Å². The first-order valence-electron chi connectivity index (χ1n) is 12.3. The molecule has 1 saturated heterocycles. The summed E-state index contributed by atoms with van der Waals surface area (Å²) >= 11 is 0. The van der Waals surface area contributed by atoms with Crippen molar-refractivity contribution in [1.82, 2.24) is 19.2 Å². The van der Waals surface area contributed by atoms with Crippen LogP contribution >= 0.6 is 0 Å². The average Bonchev–Trinajstić information content (AvgIpc) is 3.17. The lowest BCUT2D eigenvalue weighted by Crippen LogP contribution is -2.38. The highest BCUT2D eigenvalue weighted by Crippen LogP contribution is 2.30. The Labute approximate surface area is 209 Å². The van der Waals surface area contributed by atoms with Gasteiger partial charge in [-0.15, -0.1) is 0 Å². The van der Waals surface area contributed by atoms with Crippen LogP contribution in [0.25, 0.3) is 22.1 Å². The number of nitrogens with zero attached hydrogens (tertiary/aromatic N) is 3. The molecule has 1 fully saturated rings. The summed E-state index contributed by atoms with van der Waals surface area (Å²) in [7, 11) is 0. The fourth-order valence-corrected chi connectivity index (χ4v) is 4.57. The van der Waals surface area contributed by atoms with E-state index in [1.165, 1.54) is 9.25 Å². The topological polar surface area (TPSA) is 81.5 Å². The van der Waals surface area contributed by atoms with Gasteiger partial charge in [-0.05, 0) is 35.2 Å². The van der Waals surface area contributed by atoms with Crippen molar-refractivity contribution < 1.29 is 9.47 Å². The van der Waals surface area contributed by atoms with E-state index in [0.717, 1.165) is 54.9 Å². The molecule has 1 aliphatic rings. The lowest BCUT2D eigenvalue weighted by atomic mass is 9.87. The van der Waals surface area contributed by atoms with Gasteiger partial charge in [0.25, 0.3) is 0 Å². The smallest absolute Gasteiger partial charge is 0.356 e. The molecule has 0 atom stereocenters. The van der Waals surface area contributed by atoms with Gasteiger partial charge in [0, 0.05) is 30.4 Å². The first-order valence-corrected chi connectivity index (χ1v) is 12.3. The molecule has 1 N–H and O–H groups in total. The van der Waals surface area contributed by atoms with Crippen LogP contribution in [0.5, 0.6) is 5.75 Å². The molecule has 0 saturated carbocycles. The number of nitrogens with one attached hydrogen (secondary N) is 1. The van der Waals surface area contributed by atoms with Gasteiger partial charge in [-0.1, -0.05) is 57.2 Å². The summed E-state index contributed by atoms with van der Waals surface area (Å²) in [5.74, 6) is 0.746. The van der Waals surface area contributed by atoms with Crippen LogP contribution < -0.4 is 16.1 Å². The van der Waals surface area contributed by atoms with Gasteiger partial charge in [-0.3, -0.25) is 4.90 Å². The van der Waals surface area contributed by atoms with E-state index in [9.17, 15) is 9.59 Å². The quantitative estimate of drug-likeness (QED) is 0.450. The van der Waals surface area contributed by atoms with Gasteiger partial charge in [-0.25, -0.2) is 19.3 Å².